The van der Waals surface area contributed by atoms with Gasteiger partial charge in [0.25, 0.3) is 0 Å². The highest BCUT2D eigenvalue weighted by Crippen LogP contribution is 2.15. The van der Waals surface area contributed by atoms with E-state index in [1.165, 1.54) is 4.31 Å². The maximum Gasteiger partial charge on any atom is 0.214 e. The summed E-state index contributed by atoms with van der Waals surface area (Å²) in [6, 6.07) is 0. The van der Waals surface area contributed by atoms with Gasteiger partial charge < -0.3 is 10.2 Å². The van der Waals surface area contributed by atoms with Gasteiger partial charge in [-0.25, -0.2) is 8.42 Å². The molecule has 6 nitrogen and oxygen atoms in total. The van der Waals surface area contributed by atoms with Gasteiger partial charge in [-0.1, -0.05) is 0 Å². The van der Waals surface area contributed by atoms with Crippen LogP contribution in [0.4, 0.5) is 0 Å². The zero-order valence-corrected chi connectivity index (χ0v) is 10.7. The first-order valence-corrected chi connectivity index (χ1v) is 7.60. The minimum absolute atomic E-state index is 0.237. The van der Waals surface area contributed by atoms with Crippen molar-refractivity contribution in [2.45, 2.75) is 6.42 Å². The summed E-state index contributed by atoms with van der Waals surface area (Å²) in [6.07, 6.45) is 1.72. The highest BCUT2D eigenvalue weighted by atomic mass is 32.2. The molecule has 2 aliphatic rings. The molecule has 0 bridgehead atoms. The number of carbonyl (C=O) groups is 1. The van der Waals surface area contributed by atoms with Gasteiger partial charge in [-0.15, -0.1) is 0 Å². The molecule has 7 heteroatoms. The third kappa shape index (κ3) is 3.17. The molecule has 2 heterocycles. The SMILES string of the molecule is O=CN1CCN(S(=O)(=O)CC2CCNC2)CC1. The van der Waals surface area contributed by atoms with Gasteiger partial charge in [0.05, 0.1) is 5.75 Å². The van der Waals surface area contributed by atoms with E-state index in [1.807, 2.05) is 0 Å². The summed E-state index contributed by atoms with van der Waals surface area (Å²) in [6.45, 7) is 3.59. The van der Waals surface area contributed by atoms with Gasteiger partial charge in [0, 0.05) is 26.2 Å². The molecule has 0 saturated carbocycles. The average Bonchev–Trinajstić information content (AvgIpc) is 2.81. The lowest BCUT2D eigenvalue weighted by Gasteiger charge is -2.32. The smallest absolute Gasteiger partial charge is 0.214 e. The lowest BCUT2D eigenvalue weighted by molar-refractivity contribution is -0.119. The van der Waals surface area contributed by atoms with E-state index in [0.717, 1.165) is 25.9 Å². The van der Waals surface area contributed by atoms with E-state index in [4.69, 9.17) is 0 Å². The van der Waals surface area contributed by atoms with Crippen molar-refractivity contribution in [1.29, 1.82) is 0 Å². The van der Waals surface area contributed by atoms with Crippen molar-refractivity contribution in [3.63, 3.8) is 0 Å². The van der Waals surface area contributed by atoms with E-state index in [9.17, 15) is 13.2 Å². The van der Waals surface area contributed by atoms with Crippen LogP contribution >= 0.6 is 0 Å². The number of hydrogen-bond donors (Lipinski definition) is 1. The zero-order chi connectivity index (χ0) is 12.3. The number of carbonyl (C=O) groups excluding carboxylic acids is 1. The fourth-order valence-corrected chi connectivity index (χ4v) is 4.16. The molecule has 0 spiro atoms. The fraction of sp³-hybridized carbons (Fsp3) is 0.900. The molecule has 1 amide bonds. The Kier molecular flexibility index (Phi) is 4.01. The second kappa shape index (κ2) is 5.32. The van der Waals surface area contributed by atoms with Crippen molar-refractivity contribution in [2.24, 2.45) is 5.92 Å². The monoisotopic (exact) mass is 261 g/mol. The predicted octanol–water partition coefficient (Wildman–Crippen LogP) is -1.30. The first-order valence-electron chi connectivity index (χ1n) is 6.00. The third-order valence-electron chi connectivity index (χ3n) is 3.42. The number of hydrogen-bond acceptors (Lipinski definition) is 4. The van der Waals surface area contributed by atoms with Gasteiger partial charge >= 0.3 is 0 Å². The lowest BCUT2D eigenvalue weighted by Crippen LogP contribution is -2.49. The standard InChI is InChI=1S/C10H19N3O3S/c14-9-12-3-5-13(6-4-12)17(15,16)8-10-1-2-11-7-10/h9-11H,1-8H2. The average molecular weight is 261 g/mol. The molecule has 0 aromatic heterocycles. The molecule has 17 heavy (non-hydrogen) atoms. The fourth-order valence-electron chi connectivity index (χ4n) is 2.35. The van der Waals surface area contributed by atoms with E-state index < -0.39 is 10.0 Å². The number of rotatable bonds is 4. The minimum atomic E-state index is -3.15. The summed E-state index contributed by atoms with van der Waals surface area (Å²) >= 11 is 0. The Morgan fingerprint density at radius 2 is 1.94 bits per heavy atom. The number of sulfonamides is 1. The van der Waals surface area contributed by atoms with Crippen molar-refractivity contribution in [2.75, 3.05) is 45.0 Å². The Hall–Kier alpha value is -0.660. The van der Waals surface area contributed by atoms with Crippen LogP contribution in [0.3, 0.4) is 0 Å². The van der Waals surface area contributed by atoms with E-state index in [-0.39, 0.29) is 11.7 Å². The molecule has 2 rings (SSSR count). The largest absolute Gasteiger partial charge is 0.343 e. The first kappa shape index (κ1) is 12.8. The molecule has 2 fully saturated rings. The van der Waals surface area contributed by atoms with E-state index in [1.54, 1.807) is 4.90 Å². The summed E-state index contributed by atoms with van der Waals surface area (Å²) < 4.78 is 25.8. The number of piperazine rings is 1. The molecule has 2 aliphatic heterocycles. The molecule has 0 aromatic carbocycles. The Bertz CT molecular complexity index is 357. The first-order chi connectivity index (χ1) is 8.12. The minimum Gasteiger partial charge on any atom is -0.343 e. The molecular formula is C10H19N3O3S. The quantitative estimate of drug-likeness (QED) is 0.639. The summed E-state index contributed by atoms with van der Waals surface area (Å²) in [5.74, 6) is 0.477. The van der Waals surface area contributed by atoms with Gasteiger partial charge in [0.15, 0.2) is 0 Å². The molecule has 1 N–H and O–H groups in total. The van der Waals surface area contributed by atoms with Crippen LogP contribution in [0.15, 0.2) is 0 Å². The summed E-state index contributed by atoms with van der Waals surface area (Å²) in [5.41, 5.74) is 0. The van der Waals surface area contributed by atoms with Gasteiger partial charge in [-0.05, 0) is 25.4 Å². The highest BCUT2D eigenvalue weighted by molar-refractivity contribution is 7.89. The van der Waals surface area contributed by atoms with Crippen LogP contribution < -0.4 is 5.32 Å². The van der Waals surface area contributed by atoms with Crippen molar-refractivity contribution in [3.8, 4) is 0 Å². The molecule has 2 saturated heterocycles. The normalized spacial score (nSPS) is 27.3. The summed E-state index contributed by atoms with van der Waals surface area (Å²) in [7, 11) is -3.15. The van der Waals surface area contributed by atoms with Crippen LogP contribution in [0.5, 0.6) is 0 Å². The maximum absolute atomic E-state index is 12.1. The van der Waals surface area contributed by atoms with Gasteiger partial charge in [0.1, 0.15) is 0 Å². The highest BCUT2D eigenvalue weighted by Gasteiger charge is 2.30. The molecule has 1 unspecified atom stereocenters. The number of nitrogens with zero attached hydrogens (tertiary/aromatic N) is 2. The Balaban J connectivity index is 1.89. The molecule has 0 aromatic rings. The zero-order valence-electron chi connectivity index (χ0n) is 9.84. The molecular weight excluding hydrogens is 242 g/mol. The van der Waals surface area contributed by atoms with Crippen LogP contribution in [0.2, 0.25) is 0 Å². The topological polar surface area (TPSA) is 69.7 Å². The Morgan fingerprint density at radius 1 is 1.24 bits per heavy atom. The van der Waals surface area contributed by atoms with Crippen LogP contribution in [0.25, 0.3) is 0 Å². The molecule has 0 radical (unpaired) electrons. The van der Waals surface area contributed by atoms with Crippen LogP contribution in [0, 0.1) is 5.92 Å². The molecule has 1 atom stereocenters. The van der Waals surface area contributed by atoms with E-state index >= 15 is 0 Å². The van der Waals surface area contributed by atoms with E-state index in [0.29, 0.717) is 26.2 Å². The van der Waals surface area contributed by atoms with E-state index in [2.05, 4.69) is 5.32 Å². The van der Waals surface area contributed by atoms with Crippen molar-refractivity contribution in [3.05, 3.63) is 0 Å². The lowest BCUT2D eigenvalue weighted by atomic mass is 10.2. The summed E-state index contributed by atoms with van der Waals surface area (Å²) in [5, 5.41) is 3.18. The van der Waals surface area contributed by atoms with Crippen molar-refractivity contribution >= 4 is 16.4 Å². The van der Waals surface area contributed by atoms with Gasteiger partial charge in [-0.2, -0.15) is 4.31 Å². The van der Waals surface area contributed by atoms with Crippen LogP contribution in [-0.4, -0.2) is 69.1 Å². The van der Waals surface area contributed by atoms with Crippen molar-refractivity contribution in [1.82, 2.24) is 14.5 Å². The predicted molar refractivity (Wildman–Crippen MR) is 64.0 cm³/mol. The Labute approximate surface area is 102 Å². The second-order valence-corrected chi connectivity index (χ2v) is 6.69. The van der Waals surface area contributed by atoms with Crippen LogP contribution in [0.1, 0.15) is 6.42 Å². The second-order valence-electron chi connectivity index (χ2n) is 4.68. The van der Waals surface area contributed by atoms with Crippen molar-refractivity contribution < 1.29 is 13.2 Å². The van der Waals surface area contributed by atoms with Crippen LogP contribution in [-0.2, 0) is 14.8 Å². The number of nitrogens with one attached hydrogen (secondary N) is 1. The Morgan fingerprint density at radius 3 is 2.47 bits per heavy atom. The molecule has 98 valence electrons. The van der Waals surface area contributed by atoms with Gasteiger partial charge in [0.2, 0.25) is 16.4 Å². The maximum atomic E-state index is 12.1. The summed E-state index contributed by atoms with van der Waals surface area (Å²) in [4.78, 5) is 12.2. The number of amides is 1. The van der Waals surface area contributed by atoms with Gasteiger partial charge in [-0.3, -0.25) is 4.79 Å². The third-order valence-corrected chi connectivity index (χ3v) is 5.47. The molecule has 0 aliphatic carbocycles.